The van der Waals surface area contributed by atoms with Crippen LogP contribution in [0.1, 0.15) is 26.3 Å². The molecule has 0 saturated carbocycles. The minimum atomic E-state index is -0.209. The molecule has 25 heavy (non-hydrogen) atoms. The Kier molecular flexibility index (Phi) is 4.63. The standard InChI is InChI=1S/C23H24FN/c1-17-7-5-6-8-22(17)25(23(2,3)4)21-15-11-19(12-16-21)18-9-13-20(24)14-10-18/h5-16H,1-4H3. The SMILES string of the molecule is Cc1ccccc1N(c1ccc(-c2ccc(F)cc2)cc1)C(C)(C)C. The van der Waals surface area contributed by atoms with E-state index in [9.17, 15) is 4.39 Å². The molecule has 0 unspecified atom stereocenters. The summed E-state index contributed by atoms with van der Waals surface area (Å²) in [6.45, 7) is 8.79. The zero-order valence-electron chi connectivity index (χ0n) is 15.3. The zero-order valence-corrected chi connectivity index (χ0v) is 15.3. The number of nitrogens with zero attached hydrogens (tertiary/aromatic N) is 1. The van der Waals surface area contributed by atoms with Gasteiger partial charge in [0.15, 0.2) is 0 Å². The molecule has 0 aliphatic heterocycles. The van der Waals surface area contributed by atoms with E-state index in [1.165, 1.54) is 23.4 Å². The third-order valence-electron chi connectivity index (χ3n) is 4.33. The summed E-state index contributed by atoms with van der Waals surface area (Å²) >= 11 is 0. The van der Waals surface area contributed by atoms with E-state index < -0.39 is 0 Å². The fourth-order valence-electron chi connectivity index (χ4n) is 3.15. The summed E-state index contributed by atoms with van der Waals surface area (Å²) in [6.07, 6.45) is 0. The quantitative estimate of drug-likeness (QED) is 0.513. The molecule has 0 radical (unpaired) electrons. The van der Waals surface area contributed by atoms with Crippen LogP contribution in [0, 0.1) is 12.7 Å². The average Bonchev–Trinajstić information content (AvgIpc) is 2.57. The highest BCUT2D eigenvalue weighted by Gasteiger charge is 2.24. The molecule has 0 fully saturated rings. The maximum Gasteiger partial charge on any atom is 0.123 e. The van der Waals surface area contributed by atoms with Gasteiger partial charge in [0.2, 0.25) is 0 Å². The highest BCUT2D eigenvalue weighted by atomic mass is 19.1. The van der Waals surface area contributed by atoms with E-state index in [4.69, 9.17) is 0 Å². The van der Waals surface area contributed by atoms with Crippen LogP contribution in [0.2, 0.25) is 0 Å². The third-order valence-corrected chi connectivity index (χ3v) is 4.33. The number of aryl methyl sites for hydroxylation is 1. The topological polar surface area (TPSA) is 3.24 Å². The van der Waals surface area contributed by atoms with Gasteiger partial charge in [-0.15, -0.1) is 0 Å². The molecule has 3 rings (SSSR count). The van der Waals surface area contributed by atoms with E-state index >= 15 is 0 Å². The lowest BCUT2D eigenvalue weighted by atomic mass is 9.99. The van der Waals surface area contributed by atoms with Crippen molar-refractivity contribution in [3.05, 3.63) is 84.2 Å². The fourth-order valence-corrected chi connectivity index (χ4v) is 3.15. The fraction of sp³-hybridized carbons (Fsp3) is 0.217. The maximum absolute atomic E-state index is 13.1. The second-order valence-corrected chi connectivity index (χ2v) is 7.35. The normalized spacial score (nSPS) is 11.4. The summed E-state index contributed by atoms with van der Waals surface area (Å²) in [4.78, 5) is 2.36. The Morgan fingerprint density at radius 3 is 1.76 bits per heavy atom. The van der Waals surface area contributed by atoms with Gasteiger partial charge in [0.1, 0.15) is 5.82 Å². The first kappa shape index (κ1) is 17.2. The Balaban J connectivity index is 2.00. The third kappa shape index (κ3) is 3.74. The van der Waals surface area contributed by atoms with Gasteiger partial charge in [-0.3, -0.25) is 0 Å². The van der Waals surface area contributed by atoms with Crippen LogP contribution >= 0.6 is 0 Å². The molecule has 128 valence electrons. The van der Waals surface area contributed by atoms with Crippen LogP contribution in [0.15, 0.2) is 72.8 Å². The monoisotopic (exact) mass is 333 g/mol. The van der Waals surface area contributed by atoms with E-state index in [-0.39, 0.29) is 11.4 Å². The van der Waals surface area contributed by atoms with E-state index in [1.807, 2.05) is 12.1 Å². The van der Waals surface area contributed by atoms with Crippen LogP contribution in [0.4, 0.5) is 15.8 Å². The van der Waals surface area contributed by atoms with Crippen molar-refractivity contribution in [1.29, 1.82) is 0 Å². The van der Waals surface area contributed by atoms with Gasteiger partial charge in [0.25, 0.3) is 0 Å². The second-order valence-electron chi connectivity index (χ2n) is 7.35. The van der Waals surface area contributed by atoms with Gasteiger partial charge in [0.05, 0.1) is 0 Å². The average molecular weight is 333 g/mol. The van der Waals surface area contributed by atoms with Gasteiger partial charge in [-0.2, -0.15) is 0 Å². The Labute approximate surface area is 149 Å². The van der Waals surface area contributed by atoms with Crippen molar-refractivity contribution in [2.45, 2.75) is 33.2 Å². The molecular weight excluding hydrogens is 309 g/mol. The largest absolute Gasteiger partial charge is 0.336 e. The number of para-hydroxylation sites is 1. The minimum Gasteiger partial charge on any atom is -0.336 e. The first-order chi connectivity index (χ1) is 11.9. The summed E-state index contributed by atoms with van der Waals surface area (Å²) in [5.74, 6) is -0.209. The molecule has 0 aliphatic rings. The molecule has 2 heteroatoms. The van der Waals surface area contributed by atoms with E-state index in [2.05, 4.69) is 81.1 Å². The number of benzene rings is 3. The van der Waals surface area contributed by atoms with Crippen LogP contribution in [0.3, 0.4) is 0 Å². The van der Waals surface area contributed by atoms with Crippen LogP contribution < -0.4 is 4.90 Å². The predicted octanol–water partition coefficient (Wildman–Crippen LogP) is 6.74. The highest BCUT2D eigenvalue weighted by Crippen LogP contribution is 2.36. The lowest BCUT2D eigenvalue weighted by Gasteiger charge is -2.39. The lowest BCUT2D eigenvalue weighted by molar-refractivity contribution is 0.559. The number of rotatable bonds is 3. The summed E-state index contributed by atoms with van der Waals surface area (Å²) in [7, 11) is 0. The van der Waals surface area contributed by atoms with Crippen LogP contribution in [0.5, 0.6) is 0 Å². The van der Waals surface area contributed by atoms with Crippen molar-refractivity contribution in [3.63, 3.8) is 0 Å². The van der Waals surface area contributed by atoms with Gasteiger partial charge < -0.3 is 4.90 Å². The predicted molar refractivity (Wildman–Crippen MR) is 105 cm³/mol. The van der Waals surface area contributed by atoms with Crippen molar-refractivity contribution < 1.29 is 4.39 Å². The van der Waals surface area contributed by atoms with Gasteiger partial charge in [0, 0.05) is 16.9 Å². The van der Waals surface area contributed by atoms with E-state index in [1.54, 1.807) is 0 Å². The summed E-state index contributed by atoms with van der Waals surface area (Å²) in [5.41, 5.74) is 5.66. The molecule has 0 bridgehead atoms. The molecule has 0 N–H and O–H groups in total. The summed E-state index contributed by atoms with van der Waals surface area (Å²) < 4.78 is 13.1. The maximum atomic E-state index is 13.1. The van der Waals surface area contributed by atoms with Crippen LogP contribution in [0.25, 0.3) is 11.1 Å². The molecule has 0 atom stereocenters. The molecule has 0 amide bonds. The van der Waals surface area contributed by atoms with Crippen LogP contribution in [-0.2, 0) is 0 Å². The van der Waals surface area contributed by atoms with Crippen molar-refractivity contribution in [3.8, 4) is 11.1 Å². The molecule has 1 nitrogen and oxygen atoms in total. The molecule has 3 aromatic rings. The minimum absolute atomic E-state index is 0.0521. The molecular formula is C23H24FN. The van der Waals surface area contributed by atoms with Gasteiger partial charge >= 0.3 is 0 Å². The van der Waals surface area contributed by atoms with Crippen molar-refractivity contribution >= 4 is 11.4 Å². The van der Waals surface area contributed by atoms with E-state index in [0.717, 1.165) is 16.8 Å². The summed E-state index contributed by atoms with van der Waals surface area (Å²) in [6, 6.07) is 23.5. The Morgan fingerprint density at radius 1 is 0.720 bits per heavy atom. The summed E-state index contributed by atoms with van der Waals surface area (Å²) in [5, 5.41) is 0. The second kappa shape index (κ2) is 6.72. The molecule has 3 aromatic carbocycles. The van der Waals surface area contributed by atoms with Crippen molar-refractivity contribution in [1.82, 2.24) is 0 Å². The lowest BCUT2D eigenvalue weighted by Crippen LogP contribution is -2.38. The Bertz CT molecular complexity index is 843. The molecule has 0 spiro atoms. The Hall–Kier alpha value is -2.61. The zero-order chi connectivity index (χ0) is 18.0. The first-order valence-electron chi connectivity index (χ1n) is 8.58. The number of hydrogen-bond acceptors (Lipinski definition) is 1. The van der Waals surface area contributed by atoms with Gasteiger partial charge in [-0.1, -0.05) is 42.5 Å². The van der Waals surface area contributed by atoms with Crippen molar-refractivity contribution in [2.24, 2.45) is 0 Å². The molecule has 0 aliphatic carbocycles. The van der Waals surface area contributed by atoms with Gasteiger partial charge in [-0.25, -0.2) is 4.39 Å². The molecule has 0 heterocycles. The van der Waals surface area contributed by atoms with Gasteiger partial charge in [-0.05, 0) is 74.7 Å². The number of hydrogen-bond donors (Lipinski definition) is 0. The smallest absolute Gasteiger partial charge is 0.123 e. The number of halogens is 1. The number of anilines is 2. The highest BCUT2D eigenvalue weighted by molar-refractivity contribution is 5.72. The van der Waals surface area contributed by atoms with Crippen molar-refractivity contribution in [2.75, 3.05) is 4.90 Å². The molecule has 0 aromatic heterocycles. The van der Waals surface area contributed by atoms with Crippen LogP contribution in [-0.4, -0.2) is 5.54 Å². The Morgan fingerprint density at radius 2 is 1.24 bits per heavy atom. The first-order valence-corrected chi connectivity index (χ1v) is 8.58. The van der Waals surface area contributed by atoms with E-state index in [0.29, 0.717) is 0 Å². The molecule has 0 saturated heterocycles.